The molecule has 8 heteroatoms. The maximum absolute atomic E-state index is 12.5. The number of carbonyl (C=O) groups excluding carboxylic acids is 2. The van der Waals surface area contributed by atoms with Crippen molar-refractivity contribution in [2.24, 2.45) is 5.92 Å². The van der Waals surface area contributed by atoms with Gasteiger partial charge in [-0.15, -0.1) is 0 Å². The summed E-state index contributed by atoms with van der Waals surface area (Å²) in [6.45, 7) is -1.61. The molecule has 0 bridgehead atoms. The van der Waals surface area contributed by atoms with Crippen molar-refractivity contribution in [1.82, 2.24) is 5.32 Å². The number of alkyl halides is 2. The van der Waals surface area contributed by atoms with E-state index in [4.69, 9.17) is 11.6 Å². The highest BCUT2D eigenvalue weighted by Crippen LogP contribution is 2.31. The third-order valence-electron chi connectivity index (χ3n) is 3.93. The molecule has 1 atom stereocenters. The van der Waals surface area contributed by atoms with Crippen LogP contribution in [0.5, 0.6) is 5.75 Å². The Hall–Kier alpha value is -1.89. The Bertz CT molecular complexity index is 607. The molecule has 1 fully saturated rings. The Morgan fingerprint density at radius 1 is 1.29 bits per heavy atom. The number of hydrogen-bond donors (Lipinski definition) is 2. The second-order valence-corrected chi connectivity index (χ2v) is 6.14. The van der Waals surface area contributed by atoms with Crippen molar-refractivity contribution in [3.05, 3.63) is 23.2 Å². The fraction of sp³-hybridized carbons (Fsp3) is 0.500. The molecule has 0 aliphatic heterocycles. The van der Waals surface area contributed by atoms with E-state index in [1.165, 1.54) is 25.1 Å². The molecular weight excluding hydrogens is 342 g/mol. The van der Waals surface area contributed by atoms with Crippen molar-refractivity contribution >= 4 is 29.1 Å². The van der Waals surface area contributed by atoms with Crippen LogP contribution in [0.3, 0.4) is 0 Å². The summed E-state index contributed by atoms with van der Waals surface area (Å²) in [6.07, 6.45) is 3.81. The number of hydrogen-bond acceptors (Lipinski definition) is 3. The topological polar surface area (TPSA) is 67.4 Å². The first-order valence-electron chi connectivity index (χ1n) is 7.69. The van der Waals surface area contributed by atoms with Crippen molar-refractivity contribution in [3.63, 3.8) is 0 Å². The van der Waals surface area contributed by atoms with E-state index in [0.29, 0.717) is 5.69 Å². The van der Waals surface area contributed by atoms with Gasteiger partial charge < -0.3 is 15.4 Å². The third-order valence-corrected chi connectivity index (χ3v) is 4.22. The van der Waals surface area contributed by atoms with Crippen molar-refractivity contribution in [2.45, 2.75) is 45.3 Å². The summed E-state index contributed by atoms with van der Waals surface area (Å²) in [4.78, 5) is 23.9. The SMILES string of the molecule is CC(=O)NC(C(=O)Nc1ccc(OC(F)F)c(Cl)c1)C1CCCC1. The normalized spacial score (nSPS) is 16.0. The van der Waals surface area contributed by atoms with Crippen LogP contribution in [0.15, 0.2) is 18.2 Å². The number of halogens is 3. The molecule has 0 heterocycles. The monoisotopic (exact) mass is 360 g/mol. The van der Waals surface area contributed by atoms with E-state index in [1.54, 1.807) is 0 Å². The van der Waals surface area contributed by atoms with Crippen LogP contribution in [-0.4, -0.2) is 24.5 Å². The van der Waals surface area contributed by atoms with Crippen molar-refractivity contribution in [2.75, 3.05) is 5.32 Å². The molecule has 2 rings (SSSR count). The summed E-state index contributed by atoms with van der Waals surface area (Å²) in [5, 5.41) is 5.31. The average Bonchev–Trinajstić information content (AvgIpc) is 3.01. The van der Waals surface area contributed by atoms with E-state index in [2.05, 4.69) is 15.4 Å². The van der Waals surface area contributed by atoms with Gasteiger partial charge in [-0.2, -0.15) is 8.78 Å². The van der Waals surface area contributed by atoms with Crippen molar-refractivity contribution < 1.29 is 23.1 Å². The van der Waals surface area contributed by atoms with E-state index >= 15 is 0 Å². The molecule has 0 radical (unpaired) electrons. The van der Waals surface area contributed by atoms with Crippen LogP contribution in [-0.2, 0) is 9.59 Å². The van der Waals surface area contributed by atoms with Gasteiger partial charge in [0.1, 0.15) is 11.8 Å². The summed E-state index contributed by atoms with van der Waals surface area (Å²) in [7, 11) is 0. The predicted octanol–water partition coefficient (Wildman–Crippen LogP) is 3.57. The molecule has 1 saturated carbocycles. The second kappa shape index (κ2) is 8.28. The first kappa shape index (κ1) is 18.4. The van der Waals surface area contributed by atoms with Crippen molar-refractivity contribution in [3.8, 4) is 5.75 Å². The number of benzene rings is 1. The summed E-state index contributed by atoms with van der Waals surface area (Å²) in [6, 6.07) is 3.38. The molecule has 1 aliphatic carbocycles. The summed E-state index contributed by atoms with van der Waals surface area (Å²) >= 11 is 5.87. The minimum atomic E-state index is -2.98. The number of ether oxygens (including phenoxy) is 1. The minimum Gasteiger partial charge on any atom is -0.433 e. The maximum atomic E-state index is 12.5. The lowest BCUT2D eigenvalue weighted by Crippen LogP contribution is -2.47. The third kappa shape index (κ3) is 5.06. The summed E-state index contributed by atoms with van der Waals surface area (Å²) < 4.78 is 28.7. The van der Waals surface area contributed by atoms with E-state index in [9.17, 15) is 18.4 Å². The van der Waals surface area contributed by atoms with Gasteiger partial charge in [0.05, 0.1) is 5.02 Å². The van der Waals surface area contributed by atoms with Crippen LogP contribution >= 0.6 is 11.6 Å². The minimum absolute atomic E-state index is 0.0370. The maximum Gasteiger partial charge on any atom is 0.387 e. The molecule has 2 N–H and O–H groups in total. The fourth-order valence-electron chi connectivity index (χ4n) is 2.90. The molecule has 0 saturated heterocycles. The molecule has 1 aromatic carbocycles. The van der Waals surface area contributed by atoms with Crippen LogP contribution in [0.1, 0.15) is 32.6 Å². The second-order valence-electron chi connectivity index (χ2n) is 5.74. The largest absolute Gasteiger partial charge is 0.433 e. The van der Waals surface area contributed by atoms with Crippen LogP contribution in [0.4, 0.5) is 14.5 Å². The first-order valence-corrected chi connectivity index (χ1v) is 8.07. The Morgan fingerprint density at radius 3 is 2.50 bits per heavy atom. The lowest BCUT2D eigenvalue weighted by molar-refractivity contribution is -0.126. The number of carbonyl (C=O) groups is 2. The van der Waals surface area contributed by atoms with Gasteiger partial charge in [-0.3, -0.25) is 9.59 Å². The van der Waals surface area contributed by atoms with Crippen LogP contribution in [0.25, 0.3) is 0 Å². The summed E-state index contributed by atoms with van der Waals surface area (Å²) in [5.74, 6) is -0.707. The van der Waals surface area contributed by atoms with Gasteiger partial charge >= 0.3 is 6.61 Å². The van der Waals surface area contributed by atoms with E-state index in [0.717, 1.165) is 25.7 Å². The Kier molecular flexibility index (Phi) is 6.36. The zero-order valence-corrected chi connectivity index (χ0v) is 13.9. The average molecular weight is 361 g/mol. The highest BCUT2D eigenvalue weighted by molar-refractivity contribution is 6.32. The number of amides is 2. The summed E-state index contributed by atoms with van der Waals surface area (Å²) in [5.41, 5.74) is 0.347. The van der Waals surface area contributed by atoms with Gasteiger partial charge in [0, 0.05) is 12.6 Å². The smallest absolute Gasteiger partial charge is 0.387 e. The lowest BCUT2D eigenvalue weighted by Gasteiger charge is -2.23. The van der Waals surface area contributed by atoms with Crippen molar-refractivity contribution in [1.29, 1.82) is 0 Å². The van der Waals surface area contributed by atoms with Crippen LogP contribution < -0.4 is 15.4 Å². The number of anilines is 1. The number of rotatable bonds is 6. The molecule has 1 aromatic rings. The van der Waals surface area contributed by atoms with E-state index in [-0.39, 0.29) is 28.5 Å². The molecular formula is C16H19ClF2N2O3. The predicted molar refractivity (Wildman–Crippen MR) is 86.3 cm³/mol. The standard InChI is InChI=1S/C16H19ClF2N2O3/c1-9(22)20-14(10-4-2-3-5-10)15(23)21-11-6-7-13(12(17)8-11)24-16(18)19/h6-8,10,14,16H,2-5H2,1H3,(H,20,22)(H,21,23). The van der Waals surface area contributed by atoms with E-state index in [1.807, 2.05) is 0 Å². The first-order chi connectivity index (χ1) is 11.4. The van der Waals surface area contributed by atoms with E-state index < -0.39 is 12.7 Å². The van der Waals surface area contributed by atoms with Gasteiger partial charge in [-0.1, -0.05) is 24.4 Å². The Morgan fingerprint density at radius 2 is 1.96 bits per heavy atom. The van der Waals surface area contributed by atoms with Gasteiger partial charge in [0.2, 0.25) is 11.8 Å². The Balaban J connectivity index is 2.08. The van der Waals surface area contributed by atoms with Crippen LogP contribution in [0, 0.1) is 5.92 Å². The Labute approximate surface area is 143 Å². The molecule has 24 heavy (non-hydrogen) atoms. The molecule has 1 aliphatic rings. The zero-order valence-electron chi connectivity index (χ0n) is 13.2. The lowest BCUT2D eigenvalue weighted by atomic mass is 9.97. The van der Waals surface area contributed by atoms with Gasteiger partial charge in [0.25, 0.3) is 0 Å². The van der Waals surface area contributed by atoms with Gasteiger partial charge in [-0.05, 0) is 37.0 Å². The molecule has 1 unspecified atom stereocenters. The highest BCUT2D eigenvalue weighted by atomic mass is 35.5. The van der Waals surface area contributed by atoms with Crippen LogP contribution in [0.2, 0.25) is 5.02 Å². The molecule has 0 aromatic heterocycles. The molecule has 132 valence electrons. The molecule has 2 amide bonds. The van der Waals surface area contributed by atoms with Gasteiger partial charge in [0.15, 0.2) is 0 Å². The quantitative estimate of drug-likeness (QED) is 0.814. The highest BCUT2D eigenvalue weighted by Gasteiger charge is 2.31. The molecule has 0 spiro atoms. The fourth-order valence-corrected chi connectivity index (χ4v) is 3.12. The molecule has 5 nitrogen and oxygen atoms in total. The zero-order chi connectivity index (χ0) is 17.7. The van der Waals surface area contributed by atoms with Gasteiger partial charge in [-0.25, -0.2) is 0 Å². The number of nitrogens with one attached hydrogen (secondary N) is 2.